The number of rotatable bonds is 6. The molecule has 0 spiro atoms. The van der Waals surface area contributed by atoms with Crippen LogP contribution in [0.25, 0.3) is 11.3 Å². The van der Waals surface area contributed by atoms with E-state index in [9.17, 15) is 14.9 Å². The summed E-state index contributed by atoms with van der Waals surface area (Å²) in [7, 11) is 0. The van der Waals surface area contributed by atoms with Crippen LogP contribution in [0, 0.1) is 17.0 Å². The van der Waals surface area contributed by atoms with Gasteiger partial charge in [0.2, 0.25) is 11.8 Å². The molecule has 0 aliphatic heterocycles. The summed E-state index contributed by atoms with van der Waals surface area (Å²) in [4.78, 5) is 26.4. The Kier molecular flexibility index (Phi) is 5.05. The number of aryl methyl sites for hydroxylation is 1. The third-order valence-electron chi connectivity index (χ3n) is 2.96. The van der Waals surface area contributed by atoms with Gasteiger partial charge in [0.1, 0.15) is 0 Å². The highest BCUT2D eigenvalue weighted by atomic mass is 32.2. The van der Waals surface area contributed by atoms with Crippen LogP contribution in [0.2, 0.25) is 0 Å². The van der Waals surface area contributed by atoms with Gasteiger partial charge in [0.05, 0.1) is 16.4 Å². The second kappa shape index (κ2) is 7.40. The van der Waals surface area contributed by atoms with Crippen molar-refractivity contribution in [3.63, 3.8) is 0 Å². The molecular weight excluding hydrogens is 366 g/mol. The lowest BCUT2D eigenvalue weighted by Crippen LogP contribution is -2.13. The van der Waals surface area contributed by atoms with Gasteiger partial charge in [-0.2, -0.15) is 0 Å². The van der Waals surface area contributed by atoms with Gasteiger partial charge < -0.3 is 9.73 Å². The maximum atomic E-state index is 11.9. The molecule has 0 bridgehead atoms. The van der Waals surface area contributed by atoms with Crippen molar-refractivity contribution in [3.8, 4) is 11.3 Å². The number of hydrogen-bond acceptors (Lipinski definition) is 9. The number of benzene rings is 1. The van der Waals surface area contributed by atoms with E-state index in [1.165, 1.54) is 23.5 Å². The smallest absolute Gasteiger partial charge is 0.277 e. The molecule has 25 heavy (non-hydrogen) atoms. The summed E-state index contributed by atoms with van der Waals surface area (Å²) in [6.45, 7) is 1.67. The molecule has 1 aromatic carbocycles. The predicted molar refractivity (Wildman–Crippen MR) is 92.6 cm³/mol. The van der Waals surface area contributed by atoms with E-state index in [1.54, 1.807) is 24.4 Å². The molecule has 0 fully saturated rings. The number of thioether (sulfide) groups is 1. The van der Waals surface area contributed by atoms with Crippen molar-refractivity contribution in [2.75, 3.05) is 11.1 Å². The Morgan fingerprint density at radius 1 is 1.36 bits per heavy atom. The first-order chi connectivity index (χ1) is 12.0. The second-order valence-electron chi connectivity index (χ2n) is 4.77. The Bertz CT molecular complexity index is 906. The minimum atomic E-state index is -0.459. The molecule has 0 saturated carbocycles. The highest BCUT2D eigenvalue weighted by molar-refractivity contribution is 7.99. The maximum Gasteiger partial charge on any atom is 0.277 e. The van der Waals surface area contributed by atoms with Gasteiger partial charge >= 0.3 is 0 Å². The number of amides is 1. The zero-order valence-electron chi connectivity index (χ0n) is 12.8. The van der Waals surface area contributed by atoms with Crippen LogP contribution in [0.5, 0.6) is 0 Å². The number of non-ortho nitro benzene ring substituents is 1. The van der Waals surface area contributed by atoms with Gasteiger partial charge in [0.25, 0.3) is 10.9 Å². The normalized spacial score (nSPS) is 10.6. The van der Waals surface area contributed by atoms with Gasteiger partial charge in [-0.25, -0.2) is 4.98 Å². The zero-order chi connectivity index (χ0) is 17.8. The van der Waals surface area contributed by atoms with Crippen LogP contribution in [0.4, 0.5) is 10.8 Å². The lowest BCUT2D eigenvalue weighted by Gasteiger charge is -1.99. The average Bonchev–Trinajstić information content (AvgIpc) is 3.22. The first-order valence-corrected chi connectivity index (χ1v) is 8.81. The van der Waals surface area contributed by atoms with Crippen molar-refractivity contribution in [1.82, 2.24) is 15.2 Å². The van der Waals surface area contributed by atoms with Crippen molar-refractivity contribution in [2.24, 2.45) is 0 Å². The van der Waals surface area contributed by atoms with Crippen LogP contribution in [0.15, 0.2) is 39.3 Å². The monoisotopic (exact) mass is 377 g/mol. The van der Waals surface area contributed by atoms with Crippen LogP contribution in [0.3, 0.4) is 0 Å². The largest absolute Gasteiger partial charge is 0.416 e. The molecule has 11 heteroatoms. The number of aromatic nitrogens is 3. The first-order valence-electron chi connectivity index (χ1n) is 6.94. The Hall–Kier alpha value is -2.79. The van der Waals surface area contributed by atoms with Crippen molar-refractivity contribution in [3.05, 3.63) is 45.7 Å². The van der Waals surface area contributed by atoms with Gasteiger partial charge in [0.15, 0.2) is 5.13 Å². The summed E-state index contributed by atoms with van der Waals surface area (Å²) in [5.41, 5.74) is 1.38. The van der Waals surface area contributed by atoms with Gasteiger partial charge in [0, 0.05) is 30.0 Å². The van der Waals surface area contributed by atoms with E-state index >= 15 is 0 Å². The fourth-order valence-electron chi connectivity index (χ4n) is 1.84. The van der Waals surface area contributed by atoms with E-state index in [2.05, 4.69) is 20.5 Å². The van der Waals surface area contributed by atoms with Gasteiger partial charge in [-0.1, -0.05) is 11.8 Å². The molecule has 9 nitrogen and oxygen atoms in total. The lowest BCUT2D eigenvalue weighted by atomic mass is 10.1. The number of nitro groups is 1. The molecular formula is C14H11N5O4S2. The lowest BCUT2D eigenvalue weighted by molar-refractivity contribution is -0.384. The molecule has 0 unspecified atom stereocenters. The number of carbonyl (C=O) groups is 1. The Balaban J connectivity index is 1.59. The molecule has 1 amide bonds. The summed E-state index contributed by atoms with van der Waals surface area (Å²) < 4.78 is 5.17. The first kappa shape index (κ1) is 17.0. The van der Waals surface area contributed by atoms with Crippen molar-refractivity contribution in [2.45, 2.75) is 12.1 Å². The summed E-state index contributed by atoms with van der Waals surface area (Å²) in [6.07, 6.45) is 0. The number of nitrogens with zero attached hydrogens (tertiary/aromatic N) is 4. The zero-order valence-corrected chi connectivity index (χ0v) is 14.5. The predicted octanol–water partition coefficient (Wildman–Crippen LogP) is 3.14. The molecule has 3 aromatic rings. The van der Waals surface area contributed by atoms with Crippen molar-refractivity contribution >= 4 is 39.8 Å². The van der Waals surface area contributed by atoms with Crippen LogP contribution in [-0.2, 0) is 4.79 Å². The van der Waals surface area contributed by atoms with Gasteiger partial charge in [-0.15, -0.1) is 21.5 Å². The molecule has 0 aliphatic rings. The van der Waals surface area contributed by atoms with Crippen molar-refractivity contribution < 1.29 is 14.1 Å². The minimum Gasteiger partial charge on any atom is -0.416 e. The Labute approximate surface area is 149 Å². The minimum absolute atomic E-state index is 0.0146. The maximum absolute atomic E-state index is 11.9. The Morgan fingerprint density at radius 3 is 2.76 bits per heavy atom. The molecule has 0 radical (unpaired) electrons. The van der Waals surface area contributed by atoms with Crippen molar-refractivity contribution in [1.29, 1.82) is 0 Å². The molecule has 2 aromatic heterocycles. The molecule has 3 rings (SSSR count). The number of nitro benzene ring substituents is 1. The van der Waals surface area contributed by atoms with E-state index in [0.717, 1.165) is 17.3 Å². The van der Waals surface area contributed by atoms with Gasteiger partial charge in [-0.3, -0.25) is 14.9 Å². The molecule has 1 N–H and O–H groups in total. The average molecular weight is 377 g/mol. The Morgan fingerprint density at radius 2 is 2.12 bits per heavy atom. The van der Waals surface area contributed by atoms with E-state index in [0.29, 0.717) is 21.9 Å². The molecule has 0 aliphatic carbocycles. The summed E-state index contributed by atoms with van der Waals surface area (Å²) >= 11 is 2.41. The van der Waals surface area contributed by atoms with E-state index < -0.39 is 4.92 Å². The third-order valence-corrected chi connectivity index (χ3v) is 4.53. The molecule has 0 atom stereocenters. The molecule has 2 heterocycles. The SMILES string of the molecule is Cc1nnc(SCC(=O)Nc2nc(-c3ccc([N+](=O)[O-])cc3)cs2)o1. The summed E-state index contributed by atoms with van der Waals surface area (Å²) in [6, 6.07) is 6.06. The van der Waals surface area contributed by atoms with Gasteiger partial charge in [-0.05, 0) is 12.1 Å². The number of anilines is 1. The van der Waals surface area contributed by atoms with Crippen LogP contribution < -0.4 is 5.32 Å². The fourth-order valence-corrected chi connectivity index (χ4v) is 3.18. The molecule has 0 saturated heterocycles. The van der Waals surface area contributed by atoms with Crippen LogP contribution >= 0.6 is 23.1 Å². The molecule has 128 valence electrons. The number of hydrogen-bond donors (Lipinski definition) is 1. The standard InChI is InChI=1S/C14H11N5O4S2/c1-8-17-18-14(23-8)25-7-12(20)16-13-15-11(6-24-13)9-2-4-10(5-3-9)19(21)22/h2-6H,7H2,1H3,(H,15,16,20). The summed E-state index contributed by atoms with van der Waals surface area (Å²) in [5.74, 6) is 0.315. The fraction of sp³-hybridized carbons (Fsp3) is 0.143. The van der Waals surface area contributed by atoms with Crippen LogP contribution in [-0.4, -0.2) is 31.8 Å². The third kappa shape index (κ3) is 4.39. The van der Waals surface area contributed by atoms with E-state index in [1.807, 2.05) is 0 Å². The van der Waals surface area contributed by atoms with E-state index in [4.69, 9.17) is 4.42 Å². The number of carbonyl (C=O) groups excluding carboxylic acids is 1. The highest BCUT2D eigenvalue weighted by Crippen LogP contribution is 2.26. The second-order valence-corrected chi connectivity index (χ2v) is 6.55. The quantitative estimate of drug-likeness (QED) is 0.395. The van der Waals surface area contributed by atoms with E-state index in [-0.39, 0.29) is 17.3 Å². The van der Waals surface area contributed by atoms with Crippen LogP contribution in [0.1, 0.15) is 5.89 Å². The highest BCUT2D eigenvalue weighted by Gasteiger charge is 2.12. The summed E-state index contributed by atoms with van der Waals surface area (Å²) in [5, 5.41) is 23.4. The number of nitrogens with one attached hydrogen (secondary N) is 1. The topological polar surface area (TPSA) is 124 Å². The number of thiazole rings is 1.